The molecule has 1 heterocycles. The molecule has 96 valence electrons. The Morgan fingerprint density at radius 3 is 2.71 bits per heavy atom. The Bertz CT molecular complexity index is 520. The van der Waals surface area contributed by atoms with Crippen molar-refractivity contribution >= 4 is 31.3 Å². The predicted octanol–water partition coefficient (Wildman–Crippen LogP) is 2.91. The van der Waals surface area contributed by atoms with Crippen molar-refractivity contribution in [3.8, 4) is 0 Å². The molecule has 4 nitrogen and oxygen atoms in total. The SMILES string of the molecule is CCCc1nc(S(=O)(=O)Cl)cn1CC(C)=CCl. The molecule has 0 aliphatic heterocycles. The molecule has 17 heavy (non-hydrogen) atoms. The molecular formula is C10H14Cl2N2O2S. The lowest BCUT2D eigenvalue weighted by Gasteiger charge is -2.05. The minimum Gasteiger partial charge on any atom is -0.329 e. The Morgan fingerprint density at radius 1 is 1.59 bits per heavy atom. The second-order valence-corrected chi connectivity index (χ2v) is 6.50. The van der Waals surface area contributed by atoms with Crippen LogP contribution in [0.25, 0.3) is 0 Å². The second-order valence-electron chi connectivity index (χ2n) is 3.77. The fourth-order valence-electron chi connectivity index (χ4n) is 1.41. The van der Waals surface area contributed by atoms with Crippen molar-refractivity contribution in [2.45, 2.75) is 38.3 Å². The van der Waals surface area contributed by atoms with E-state index in [4.69, 9.17) is 22.3 Å². The van der Waals surface area contributed by atoms with E-state index in [0.717, 1.165) is 12.0 Å². The molecule has 0 aliphatic rings. The van der Waals surface area contributed by atoms with Crippen LogP contribution in [0.2, 0.25) is 0 Å². The number of rotatable bonds is 5. The lowest BCUT2D eigenvalue weighted by atomic mass is 10.3. The average molecular weight is 297 g/mol. The van der Waals surface area contributed by atoms with Crippen LogP contribution in [0, 0.1) is 0 Å². The van der Waals surface area contributed by atoms with E-state index in [2.05, 4.69) is 4.98 Å². The third-order valence-corrected chi connectivity index (χ3v) is 3.71. The van der Waals surface area contributed by atoms with Gasteiger partial charge in [-0.2, -0.15) is 0 Å². The van der Waals surface area contributed by atoms with Gasteiger partial charge < -0.3 is 4.57 Å². The number of allylic oxidation sites excluding steroid dienone is 1. The summed E-state index contributed by atoms with van der Waals surface area (Å²) < 4.78 is 24.2. The van der Waals surface area contributed by atoms with Gasteiger partial charge in [0.2, 0.25) is 0 Å². The standard InChI is InChI=1S/C10H14Cl2N2O2S/c1-3-4-9-13-10(17(12,15)16)7-14(9)6-8(2)5-11/h5,7H,3-4,6H2,1-2H3. The van der Waals surface area contributed by atoms with E-state index in [-0.39, 0.29) is 5.03 Å². The Morgan fingerprint density at radius 2 is 2.24 bits per heavy atom. The number of imidazole rings is 1. The Labute approximate surface area is 111 Å². The van der Waals surface area contributed by atoms with Gasteiger partial charge in [-0.1, -0.05) is 18.5 Å². The third-order valence-electron chi connectivity index (χ3n) is 2.17. The van der Waals surface area contributed by atoms with Crippen LogP contribution in [0.15, 0.2) is 22.3 Å². The van der Waals surface area contributed by atoms with Crippen LogP contribution in [0.3, 0.4) is 0 Å². The van der Waals surface area contributed by atoms with Crippen molar-refractivity contribution in [2.75, 3.05) is 0 Å². The zero-order valence-corrected chi connectivity index (χ0v) is 12.0. The summed E-state index contributed by atoms with van der Waals surface area (Å²) in [4.78, 5) is 4.03. The molecule has 0 saturated carbocycles. The van der Waals surface area contributed by atoms with Crippen LogP contribution < -0.4 is 0 Å². The number of halogens is 2. The van der Waals surface area contributed by atoms with Crippen molar-refractivity contribution in [2.24, 2.45) is 0 Å². The average Bonchev–Trinajstić information content (AvgIpc) is 2.62. The van der Waals surface area contributed by atoms with Gasteiger partial charge in [0.1, 0.15) is 5.82 Å². The molecule has 0 aliphatic carbocycles. The molecule has 0 fully saturated rings. The van der Waals surface area contributed by atoms with E-state index in [1.807, 2.05) is 13.8 Å². The van der Waals surface area contributed by atoms with Gasteiger partial charge in [-0.3, -0.25) is 0 Å². The van der Waals surface area contributed by atoms with E-state index in [1.165, 1.54) is 11.7 Å². The van der Waals surface area contributed by atoms with Gasteiger partial charge in [0, 0.05) is 35.4 Å². The Hall–Kier alpha value is -0.520. The summed E-state index contributed by atoms with van der Waals surface area (Å²) in [6.45, 7) is 4.37. The van der Waals surface area contributed by atoms with Crippen LogP contribution in [0.4, 0.5) is 0 Å². The van der Waals surface area contributed by atoms with Crippen LogP contribution >= 0.6 is 22.3 Å². The summed E-state index contributed by atoms with van der Waals surface area (Å²) in [5.74, 6) is 0.699. The lowest BCUT2D eigenvalue weighted by molar-refractivity contribution is 0.606. The summed E-state index contributed by atoms with van der Waals surface area (Å²) >= 11 is 5.59. The third kappa shape index (κ3) is 4.01. The molecule has 0 amide bonds. The molecule has 0 saturated heterocycles. The quantitative estimate of drug-likeness (QED) is 0.785. The van der Waals surface area contributed by atoms with E-state index in [0.29, 0.717) is 18.8 Å². The van der Waals surface area contributed by atoms with Gasteiger partial charge in [0.05, 0.1) is 0 Å². The second kappa shape index (κ2) is 5.89. The fraction of sp³-hybridized carbons (Fsp3) is 0.500. The molecule has 7 heteroatoms. The number of hydrogen-bond donors (Lipinski definition) is 0. The first-order chi connectivity index (χ1) is 7.88. The minimum absolute atomic E-state index is 0.106. The van der Waals surface area contributed by atoms with Gasteiger partial charge in [-0.15, -0.1) is 0 Å². The maximum atomic E-state index is 11.2. The number of aromatic nitrogens is 2. The van der Waals surface area contributed by atoms with E-state index in [9.17, 15) is 8.42 Å². The molecule has 0 atom stereocenters. The first-order valence-electron chi connectivity index (χ1n) is 5.15. The summed E-state index contributed by atoms with van der Waals surface area (Å²) in [5.41, 5.74) is 2.38. The van der Waals surface area contributed by atoms with Crippen molar-refractivity contribution in [3.05, 3.63) is 23.1 Å². The molecule has 0 radical (unpaired) electrons. The highest BCUT2D eigenvalue weighted by atomic mass is 35.7. The summed E-state index contributed by atoms with van der Waals surface area (Å²) in [6.07, 6.45) is 3.02. The monoisotopic (exact) mass is 296 g/mol. The highest BCUT2D eigenvalue weighted by Crippen LogP contribution is 2.16. The molecule has 0 bridgehead atoms. The molecule has 0 aromatic carbocycles. The number of nitrogens with zero attached hydrogens (tertiary/aromatic N) is 2. The van der Waals surface area contributed by atoms with Crippen LogP contribution in [0.1, 0.15) is 26.1 Å². The fourth-order valence-corrected chi connectivity index (χ4v) is 2.17. The van der Waals surface area contributed by atoms with Crippen molar-refractivity contribution < 1.29 is 8.42 Å². The first-order valence-corrected chi connectivity index (χ1v) is 7.89. The Kier molecular flexibility index (Phi) is 5.04. The lowest BCUT2D eigenvalue weighted by Crippen LogP contribution is -2.03. The minimum atomic E-state index is -3.78. The van der Waals surface area contributed by atoms with Gasteiger partial charge in [-0.05, 0) is 18.9 Å². The molecule has 0 unspecified atom stereocenters. The smallest absolute Gasteiger partial charge is 0.280 e. The van der Waals surface area contributed by atoms with E-state index in [1.54, 1.807) is 4.57 Å². The molecule has 1 aromatic heterocycles. The largest absolute Gasteiger partial charge is 0.329 e. The molecule has 1 rings (SSSR count). The van der Waals surface area contributed by atoms with Crippen LogP contribution in [-0.4, -0.2) is 18.0 Å². The maximum Gasteiger partial charge on any atom is 0.280 e. The molecular weight excluding hydrogens is 283 g/mol. The number of hydrogen-bond acceptors (Lipinski definition) is 3. The molecule has 0 N–H and O–H groups in total. The highest BCUT2D eigenvalue weighted by Gasteiger charge is 2.17. The molecule has 1 aromatic rings. The van der Waals surface area contributed by atoms with Gasteiger partial charge >= 0.3 is 0 Å². The van der Waals surface area contributed by atoms with Gasteiger partial charge in [0.25, 0.3) is 9.05 Å². The van der Waals surface area contributed by atoms with Crippen molar-refractivity contribution in [1.29, 1.82) is 0 Å². The maximum absolute atomic E-state index is 11.2. The van der Waals surface area contributed by atoms with E-state index < -0.39 is 9.05 Å². The van der Waals surface area contributed by atoms with Crippen LogP contribution in [-0.2, 0) is 22.0 Å². The predicted molar refractivity (Wildman–Crippen MR) is 68.9 cm³/mol. The number of aryl methyl sites for hydroxylation is 1. The van der Waals surface area contributed by atoms with Crippen molar-refractivity contribution in [1.82, 2.24) is 9.55 Å². The Balaban J connectivity index is 3.14. The first kappa shape index (κ1) is 14.5. The van der Waals surface area contributed by atoms with Crippen LogP contribution in [0.5, 0.6) is 0 Å². The van der Waals surface area contributed by atoms with E-state index >= 15 is 0 Å². The summed E-state index contributed by atoms with van der Waals surface area (Å²) in [6, 6.07) is 0. The highest BCUT2D eigenvalue weighted by molar-refractivity contribution is 8.13. The van der Waals surface area contributed by atoms with Gasteiger partial charge in [0.15, 0.2) is 5.03 Å². The van der Waals surface area contributed by atoms with Crippen molar-refractivity contribution in [3.63, 3.8) is 0 Å². The zero-order valence-electron chi connectivity index (χ0n) is 9.65. The zero-order chi connectivity index (χ0) is 13.1. The summed E-state index contributed by atoms with van der Waals surface area (Å²) in [5, 5.41) is -0.106. The summed E-state index contributed by atoms with van der Waals surface area (Å²) in [7, 11) is 1.49. The molecule has 0 spiro atoms. The topological polar surface area (TPSA) is 52.0 Å². The van der Waals surface area contributed by atoms with Gasteiger partial charge in [-0.25, -0.2) is 13.4 Å². The normalized spacial score (nSPS) is 13.1.